The van der Waals surface area contributed by atoms with Gasteiger partial charge in [-0.05, 0) is 11.6 Å². The van der Waals surface area contributed by atoms with Gasteiger partial charge in [-0.1, -0.05) is 12.1 Å². The maximum absolute atomic E-state index is 12.9. The summed E-state index contributed by atoms with van der Waals surface area (Å²) >= 11 is 0. The van der Waals surface area contributed by atoms with E-state index in [0.29, 0.717) is 25.2 Å². The third kappa shape index (κ3) is 2.08. The average Bonchev–Trinajstić information content (AvgIpc) is 2.63. The Balaban J connectivity index is 0.00000133. The second-order valence-electron chi connectivity index (χ2n) is 4.49. The summed E-state index contributed by atoms with van der Waals surface area (Å²) in [5.74, 6) is -0.496. The van der Waals surface area contributed by atoms with Gasteiger partial charge in [-0.3, -0.25) is 4.79 Å². The van der Waals surface area contributed by atoms with Crippen LogP contribution < -0.4 is 5.32 Å². The van der Waals surface area contributed by atoms with Crippen molar-refractivity contribution in [1.82, 2.24) is 10.2 Å². The van der Waals surface area contributed by atoms with E-state index in [1.807, 2.05) is 0 Å². The minimum atomic E-state index is -4.48. The Labute approximate surface area is 114 Å². The number of hydrogen-bond donors (Lipinski definition) is 1. The van der Waals surface area contributed by atoms with Crippen LogP contribution in [-0.2, 0) is 6.18 Å². The molecule has 1 saturated heterocycles. The fourth-order valence-corrected chi connectivity index (χ4v) is 2.69. The predicted molar refractivity (Wildman–Crippen MR) is 65.3 cm³/mol. The van der Waals surface area contributed by atoms with Crippen molar-refractivity contribution in [2.75, 3.05) is 19.6 Å². The van der Waals surface area contributed by atoms with Crippen LogP contribution in [0.3, 0.4) is 0 Å². The molecule has 1 aromatic carbocycles. The van der Waals surface area contributed by atoms with Gasteiger partial charge in [0.1, 0.15) is 0 Å². The highest BCUT2D eigenvalue weighted by Gasteiger charge is 2.44. The minimum Gasteiger partial charge on any atom is -0.329 e. The van der Waals surface area contributed by atoms with Crippen LogP contribution in [0.15, 0.2) is 18.2 Å². The topological polar surface area (TPSA) is 32.3 Å². The predicted octanol–water partition coefficient (Wildman–Crippen LogP) is 2.23. The first-order valence-electron chi connectivity index (χ1n) is 5.72. The Morgan fingerprint density at radius 2 is 2.05 bits per heavy atom. The van der Waals surface area contributed by atoms with Crippen molar-refractivity contribution in [3.8, 4) is 0 Å². The highest BCUT2D eigenvalue weighted by molar-refractivity contribution is 6.01. The van der Waals surface area contributed by atoms with E-state index < -0.39 is 17.6 Å². The Bertz CT molecular complexity index is 518. The molecule has 104 valence electrons. The number of hydrogen-bond acceptors (Lipinski definition) is 2. The molecule has 2 aliphatic heterocycles. The smallest absolute Gasteiger partial charge is 0.329 e. The summed E-state index contributed by atoms with van der Waals surface area (Å²) in [5.41, 5.74) is -0.500. The van der Waals surface area contributed by atoms with Crippen molar-refractivity contribution >= 4 is 18.3 Å². The van der Waals surface area contributed by atoms with Crippen molar-refractivity contribution in [2.45, 2.75) is 12.2 Å². The fraction of sp³-hybridized carbons (Fsp3) is 0.417. The molecule has 19 heavy (non-hydrogen) atoms. The van der Waals surface area contributed by atoms with Gasteiger partial charge < -0.3 is 10.2 Å². The monoisotopic (exact) mass is 292 g/mol. The molecule has 0 bridgehead atoms. The van der Waals surface area contributed by atoms with E-state index in [1.54, 1.807) is 6.07 Å². The van der Waals surface area contributed by atoms with Gasteiger partial charge in [0.15, 0.2) is 0 Å². The number of piperazine rings is 1. The van der Waals surface area contributed by atoms with E-state index in [2.05, 4.69) is 5.32 Å². The molecule has 0 spiro atoms. The third-order valence-corrected chi connectivity index (χ3v) is 3.48. The lowest BCUT2D eigenvalue weighted by Gasteiger charge is -2.30. The van der Waals surface area contributed by atoms with Crippen LogP contribution >= 0.6 is 12.4 Å². The molecule has 7 heteroatoms. The number of fused-ring (bicyclic) bond motifs is 3. The SMILES string of the molecule is Cl.O=C1c2c(cccc2C(F)(F)F)[C@@H]2CNCCN12. The van der Waals surface area contributed by atoms with E-state index in [0.717, 1.165) is 6.07 Å². The van der Waals surface area contributed by atoms with Crippen molar-refractivity contribution in [1.29, 1.82) is 0 Å². The van der Waals surface area contributed by atoms with Crippen molar-refractivity contribution in [2.24, 2.45) is 0 Å². The number of carbonyl (C=O) groups is 1. The van der Waals surface area contributed by atoms with E-state index in [-0.39, 0.29) is 24.0 Å². The van der Waals surface area contributed by atoms with Crippen molar-refractivity contribution < 1.29 is 18.0 Å². The summed E-state index contributed by atoms with van der Waals surface area (Å²) in [4.78, 5) is 13.6. The first-order valence-corrected chi connectivity index (χ1v) is 5.72. The lowest BCUT2D eigenvalue weighted by Crippen LogP contribution is -2.44. The Kier molecular flexibility index (Phi) is 3.49. The normalized spacial score (nSPS) is 21.7. The number of amides is 1. The van der Waals surface area contributed by atoms with Crippen molar-refractivity contribution in [3.05, 3.63) is 34.9 Å². The molecule has 0 aliphatic carbocycles. The average molecular weight is 293 g/mol. The number of benzene rings is 1. The van der Waals surface area contributed by atoms with E-state index in [4.69, 9.17) is 0 Å². The van der Waals surface area contributed by atoms with Gasteiger partial charge in [0, 0.05) is 19.6 Å². The van der Waals surface area contributed by atoms with E-state index in [1.165, 1.54) is 11.0 Å². The fourth-order valence-electron chi connectivity index (χ4n) is 2.69. The lowest BCUT2D eigenvalue weighted by atomic mass is 9.99. The standard InChI is InChI=1S/C12H11F3N2O.ClH/c13-12(14,15)8-3-1-2-7-9-6-16-4-5-17(9)11(18)10(7)8;/h1-3,9,16H,4-6H2;1H/t9-;/m0./s1. The Morgan fingerprint density at radius 1 is 1.32 bits per heavy atom. The molecule has 0 radical (unpaired) electrons. The molecular weight excluding hydrogens is 281 g/mol. The summed E-state index contributed by atoms with van der Waals surface area (Å²) in [6, 6.07) is 3.69. The molecule has 1 amide bonds. The molecule has 1 atom stereocenters. The molecule has 2 heterocycles. The number of alkyl halides is 3. The second kappa shape index (κ2) is 4.68. The molecule has 3 nitrogen and oxygen atoms in total. The molecular formula is C12H12ClF3N2O. The van der Waals surface area contributed by atoms with Gasteiger partial charge in [0.2, 0.25) is 0 Å². The maximum Gasteiger partial charge on any atom is 0.417 e. The highest BCUT2D eigenvalue weighted by Crippen LogP contribution is 2.41. The third-order valence-electron chi connectivity index (χ3n) is 3.48. The van der Waals surface area contributed by atoms with Gasteiger partial charge >= 0.3 is 6.18 Å². The minimum absolute atomic E-state index is 0. The molecule has 0 unspecified atom stereocenters. The van der Waals surface area contributed by atoms with Crippen LogP contribution in [0.5, 0.6) is 0 Å². The highest BCUT2D eigenvalue weighted by atomic mass is 35.5. The van der Waals surface area contributed by atoms with Gasteiger partial charge in [-0.2, -0.15) is 13.2 Å². The van der Waals surface area contributed by atoms with Crippen LogP contribution in [0, 0.1) is 0 Å². The van der Waals surface area contributed by atoms with Crippen LogP contribution in [0.2, 0.25) is 0 Å². The molecule has 1 fully saturated rings. The Hall–Kier alpha value is -1.27. The van der Waals surface area contributed by atoms with Gasteiger partial charge in [-0.15, -0.1) is 12.4 Å². The number of carbonyl (C=O) groups excluding carboxylic acids is 1. The molecule has 1 aromatic rings. The summed E-state index contributed by atoms with van der Waals surface area (Å²) in [7, 11) is 0. The van der Waals surface area contributed by atoms with Crippen LogP contribution in [0.25, 0.3) is 0 Å². The lowest BCUT2D eigenvalue weighted by molar-refractivity contribution is -0.137. The van der Waals surface area contributed by atoms with Crippen LogP contribution in [0.4, 0.5) is 13.2 Å². The zero-order valence-corrected chi connectivity index (χ0v) is 10.6. The number of nitrogens with one attached hydrogen (secondary N) is 1. The molecule has 2 aliphatic rings. The number of rotatable bonds is 0. The molecule has 3 rings (SSSR count). The summed E-state index contributed by atoms with van der Waals surface area (Å²) in [6.45, 7) is 1.59. The summed E-state index contributed by atoms with van der Waals surface area (Å²) < 4.78 is 38.7. The van der Waals surface area contributed by atoms with Crippen molar-refractivity contribution in [3.63, 3.8) is 0 Å². The first-order chi connectivity index (χ1) is 8.50. The quantitative estimate of drug-likeness (QED) is 0.795. The zero-order valence-electron chi connectivity index (χ0n) is 9.83. The molecule has 1 N–H and O–H groups in total. The van der Waals surface area contributed by atoms with Gasteiger partial charge in [-0.25, -0.2) is 0 Å². The van der Waals surface area contributed by atoms with Crippen LogP contribution in [-0.4, -0.2) is 30.4 Å². The molecule has 0 aromatic heterocycles. The Morgan fingerprint density at radius 3 is 2.74 bits per heavy atom. The first kappa shape index (κ1) is 14.1. The van der Waals surface area contributed by atoms with Gasteiger partial charge in [0.25, 0.3) is 5.91 Å². The molecule has 0 saturated carbocycles. The largest absolute Gasteiger partial charge is 0.417 e. The number of halogens is 4. The van der Waals surface area contributed by atoms with E-state index in [9.17, 15) is 18.0 Å². The summed E-state index contributed by atoms with van der Waals surface area (Å²) in [5, 5.41) is 3.10. The van der Waals surface area contributed by atoms with E-state index >= 15 is 0 Å². The van der Waals surface area contributed by atoms with Crippen LogP contribution in [0.1, 0.15) is 27.5 Å². The summed E-state index contributed by atoms with van der Waals surface area (Å²) in [6.07, 6.45) is -4.48. The van der Waals surface area contributed by atoms with Gasteiger partial charge in [0.05, 0.1) is 17.2 Å². The number of nitrogens with zero attached hydrogens (tertiary/aromatic N) is 1. The second-order valence-corrected chi connectivity index (χ2v) is 4.49. The maximum atomic E-state index is 12.9. The zero-order chi connectivity index (χ0) is 12.9.